The molecule has 0 bridgehead atoms. The summed E-state index contributed by atoms with van der Waals surface area (Å²) in [6, 6.07) is 4.02. The minimum atomic E-state index is -0.969. The van der Waals surface area contributed by atoms with Gasteiger partial charge in [-0.15, -0.1) is 11.8 Å². The highest BCUT2D eigenvalue weighted by atomic mass is 16.6. The van der Waals surface area contributed by atoms with Crippen LogP contribution < -0.4 is 32.3 Å². The largest absolute Gasteiger partial charge is 0.449 e. The maximum absolute atomic E-state index is 13.3. The van der Waals surface area contributed by atoms with E-state index < -0.39 is 36.0 Å². The number of alkyl carbamates (subject to hydrolysis) is 1. The van der Waals surface area contributed by atoms with Crippen molar-refractivity contribution in [2.45, 2.75) is 77.5 Å². The summed E-state index contributed by atoms with van der Waals surface area (Å²) >= 11 is 0. The number of nitrogens with one attached hydrogen (secondary N) is 5. The second kappa shape index (κ2) is 27.2. The Morgan fingerprint density at radius 3 is 1.96 bits per heavy atom. The lowest BCUT2D eigenvalue weighted by Crippen LogP contribution is -2.54. The number of primary amides is 1. The van der Waals surface area contributed by atoms with Crippen LogP contribution in [0.3, 0.4) is 0 Å². The third-order valence-electron chi connectivity index (χ3n) is 9.62. The lowest BCUT2D eigenvalue weighted by atomic mass is 10.0. The molecule has 0 aromatic heterocycles. The van der Waals surface area contributed by atoms with Crippen molar-refractivity contribution in [3.8, 4) is 11.8 Å². The van der Waals surface area contributed by atoms with Crippen molar-refractivity contribution < 1.29 is 52.8 Å². The number of carbonyl (C=O) groups is 5. The molecule has 0 spiro atoms. The van der Waals surface area contributed by atoms with Gasteiger partial charge >= 0.3 is 12.1 Å². The standard InChI is InChI=1S/C40H62N6O11/c1-28(2)36(38(50)45-34(10-7-16-42-39(41)51)37(49)44-30-13-11-29(26-47)12-14-30)46-35(48)15-18-53-20-22-55-24-25-56-23-21-54-19-17-43-40(52)57-27-33-31-8-5-3-4-6-9-32(31)33/h11-14,28,31-34,36,47H,5-10,15-27H2,1-2H3,(H,43,52)(H,44,49)(H,45,50)(H,46,48)(H3,41,42,51)/t31?,32?,33?,34-,36-/m0/s1. The summed E-state index contributed by atoms with van der Waals surface area (Å²) in [6.45, 7) is 6.96. The predicted molar refractivity (Wildman–Crippen MR) is 210 cm³/mol. The minimum Gasteiger partial charge on any atom is -0.449 e. The van der Waals surface area contributed by atoms with Crippen LogP contribution in [0.15, 0.2) is 24.3 Å². The van der Waals surface area contributed by atoms with Gasteiger partial charge in [-0.3, -0.25) is 14.4 Å². The van der Waals surface area contributed by atoms with Gasteiger partial charge in [-0.25, -0.2) is 9.59 Å². The van der Waals surface area contributed by atoms with Crippen LogP contribution in [0.4, 0.5) is 15.3 Å². The molecule has 0 saturated heterocycles. The van der Waals surface area contributed by atoms with E-state index in [0.717, 1.165) is 25.7 Å². The Hall–Kier alpha value is -4.47. The first kappa shape index (κ1) is 46.9. The first-order valence-electron chi connectivity index (χ1n) is 19.9. The maximum atomic E-state index is 13.3. The van der Waals surface area contributed by atoms with Crippen molar-refractivity contribution in [1.29, 1.82) is 0 Å². The second-order valence-electron chi connectivity index (χ2n) is 14.3. The zero-order valence-electron chi connectivity index (χ0n) is 33.3. The van der Waals surface area contributed by atoms with Gasteiger partial charge < -0.3 is 61.1 Å². The zero-order valence-corrected chi connectivity index (χ0v) is 33.3. The summed E-state index contributed by atoms with van der Waals surface area (Å²) < 4.78 is 27.4. The van der Waals surface area contributed by atoms with Crippen molar-refractivity contribution in [3.05, 3.63) is 29.8 Å². The van der Waals surface area contributed by atoms with Crippen molar-refractivity contribution in [1.82, 2.24) is 21.3 Å². The normalized spacial score (nSPS) is 18.0. The number of nitrogens with two attached hydrogens (primary N) is 1. The second-order valence-corrected chi connectivity index (χ2v) is 14.3. The molecule has 2 unspecified atom stereocenters. The first-order valence-corrected chi connectivity index (χ1v) is 19.9. The van der Waals surface area contributed by atoms with Gasteiger partial charge in [0.15, 0.2) is 0 Å². The molecule has 57 heavy (non-hydrogen) atoms. The number of amides is 6. The number of ether oxygens (including phenoxy) is 5. The van der Waals surface area contributed by atoms with Crippen LogP contribution in [0.1, 0.15) is 64.4 Å². The van der Waals surface area contributed by atoms with E-state index in [1.807, 2.05) is 0 Å². The molecule has 8 N–H and O–H groups in total. The van der Waals surface area contributed by atoms with Crippen molar-refractivity contribution >= 4 is 35.5 Å². The molecule has 0 aliphatic heterocycles. The third kappa shape index (κ3) is 19.5. The fourth-order valence-corrected chi connectivity index (χ4v) is 6.41. The average molecular weight is 803 g/mol. The number of rotatable bonds is 28. The van der Waals surface area contributed by atoms with Crippen LogP contribution in [0, 0.1) is 35.5 Å². The van der Waals surface area contributed by atoms with E-state index in [4.69, 9.17) is 29.4 Å². The quantitative estimate of drug-likeness (QED) is 0.0477. The molecular formula is C40H62N6O11. The highest BCUT2D eigenvalue weighted by molar-refractivity contribution is 5.98. The molecule has 3 rings (SSSR count). The molecule has 1 aromatic carbocycles. The van der Waals surface area contributed by atoms with Gasteiger partial charge in [0.2, 0.25) is 17.7 Å². The summed E-state index contributed by atoms with van der Waals surface area (Å²) in [5.74, 6) is 6.43. The summed E-state index contributed by atoms with van der Waals surface area (Å²) in [6.07, 6.45) is 4.21. The van der Waals surface area contributed by atoms with Crippen LogP contribution in [-0.4, -0.2) is 120 Å². The molecule has 2 aliphatic rings. The van der Waals surface area contributed by atoms with Crippen molar-refractivity contribution in [2.24, 2.45) is 29.4 Å². The third-order valence-corrected chi connectivity index (χ3v) is 9.62. The zero-order chi connectivity index (χ0) is 41.3. The van der Waals surface area contributed by atoms with Crippen LogP contribution in [0.2, 0.25) is 0 Å². The molecule has 17 heteroatoms. The Bertz CT molecular complexity index is 1430. The SMILES string of the molecule is CC(C)[C@H](NC(=O)CCOCCOCCOCCOCCNC(=O)OCC1C2CCC#CCCC21)C(=O)N[C@@H](CCCNC(N)=O)C(=O)Nc1ccc(CO)cc1. The number of aliphatic hydroxyl groups excluding tert-OH is 1. The fourth-order valence-electron chi connectivity index (χ4n) is 6.41. The van der Waals surface area contributed by atoms with Gasteiger partial charge in [-0.2, -0.15) is 0 Å². The summed E-state index contributed by atoms with van der Waals surface area (Å²) in [4.78, 5) is 62.2. The Kier molecular flexibility index (Phi) is 22.4. The Morgan fingerprint density at radius 1 is 0.789 bits per heavy atom. The number of urea groups is 1. The summed E-state index contributed by atoms with van der Waals surface area (Å²) in [5.41, 5.74) is 6.29. The highest BCUT2D eigenvalue weighted by Crippen LogP contribution is 2.52. The molecule has 2 aliphatic carbocycles. The first-order chi connectivity index (χ1) is 27.6. The topological polar surface area (TPSA) is 238 Å². The van der Waals surface area contributed by atoms with Crippen LogP contribution in [0.25, 0.3) is 0 Å². The highest BCUT2D eigenvalue weighted by Gasteiger charge is 2.49. The summed E-state index contributed by atoms with van der Waals surface area (Å²) in [5, 5.41) is 22.7. The van der Waals surface area contributed by atoms with Crippen LogP contribution in [0.5, 0.6) is 0 Å². The monoisotopic (exact) mass is 802 g/mol. The summed E-state index contributed by atoms with van der Waals surface area (Å²) in [7, 11) is 0. The Morgan fingerprint density at radius 2 is 1.39 bits per heavy atom. The average Bonchev–Trinajstić information content (AvgIpc) is 3.83. The van der Waals surface area contributed by atoms with E-state index in [1.165, 1.54) is 0 Å². The number of anilines is 1. The van der Waals surface area contributed by atoms with E-state index in [9.17, 15) is 29.1 Å². The number of benzene rings is 1. The smallest absolute Gasteiger partial charge is 0.407 e. The van der Waals surface area contributed by atoms with Gasteiger partial charge in [-0.05, 0) is 67.1 Å². The molecule has 1 aromatic rings. The van der Waals surface area contributed by atoms with Crippen LogP contribution >= 0.6 is 0 Å². The number of aliphatic hydroxyl groups is 1. The Labute approximate surface area is 335 Å². The number of carbonyl (C=O) groups excluding carboxylic acids is 5. The molecule has 0 radical (unpaired) electrons. The van der Waals surface area contributed by atoms with E-state index >= 15 is 0 Å². The molecule has 1 fully saturated rings. The van der Waals surface area contributed by atoms with E-state index in [2.05, 4.69) is 38.4 Å². The van der Waals surface area contributed by atoms with Gasteiger partial charge in [0.1, 0.15) is 12.1 Å². The van der Waals surface area contributed by atoms with E-state index in [-0.39, 0.29) is 51.0 Å². The number of hydrogen-bond acceptors (Lipinski definition) is 11. The molecule has 318 valence electrons. The van der Waals surface area contributed by atoms with Crippen molar-refractivity contribution in [2.75, 3.05) is 77.9 Å². The number of hydrogen-bond donors (Lipinski definition) is 7. The molecule has 17 nitrogen and oxygen atoms in total. The minimum absolute atomic E-state index is 0.0142. The lowest BCUT2D eigenvalue weighted by Gasteiger charge is -2.25. The molecule has 4 atom stereocenters. The fraction of sp³-hybridized carbons (Fsp3) is 0.675. The van der Waals surface area contributed by atoms with Crippen LogP contribution in [-0.2, 0) is 44.7 Å². The van der Waals surface area contributed by atoms with E-state index in [0.29, 0.717) is 88.2 Å². The molecular weight excluding hydrogens is 740 g/mol. The van der Waals surface area contributed by atoms with Gasteiger partial charge in [-0.1, -0.05) is 26.0 Å². The molecule has 0 heterocycles. The maximum Gasteiger partial charge on any atom is 0.407 e. The van der Waals surface area contributed by atoms with Crippen molar-refractivity contribution in [3.63, 3.8) is 0 Å². The van der Waals surface area contributed by atoms with Gasteiger partial charge in [0.05, 0.1) is 66.1 Å². The lowest BCUT2D eigenvalue weighted by molar-refractivity contribution is -0.132. The molecule has 1 saturated carbocycles. The van der Waals surface area contributed by atoms with E-state index in [1.54, 1.807) is 38.1 Å². The number of fused-ring (bicyclic) bond motifs is 1. The Balaban J connectivity index is 1.19. The van der Waals surface area contributed by atoms with Gasteiger partial charge in [0.25, 0.3) is 0 Å². The van der Waals surface area contributed by atoms with Gasteiger partial charge in [0, 0.05) is 38.0 Å². The molecule has 6 amide bonds. The predicted octanol–water partition coefficient (Wildman–Crippen LogP) is 1.81.